The van der Waals surface area contributed by atoms with Crippen LogP contribution in [0.4, 0.5) is 0 Å². The molecular formula is C12H27NO2. The lowest BCUT2D eigenvalue weighted by Gasteiger charge is -2.33. The topological polar surface area (TPSA) is 44.5 Å². The van der Waals surface area contributed by atoms with Crippen molar-refractivity contribution in [2.75, 3.05) is 13.2 Å². The maximum atomic E-state index is 5.90. The highest BCUT2D eigenvalue weighted by Gasteiger charge is 2.28. The van der Waals surface area contributed by atoms with Gasteiger partial charge in [-0.25, -0.2) is 0 Å². The second kappa shape index (κ2) is 6.46. The van der Waals surface area contributed by atoms with Gasteiger partial charge in [0.1, 0.15) is 0 Å². The normalized spacial score (nSPS) is 16.8. The molecule has 0 fully saturated rings. The highest BCUT2D eigenvalue weighted by Crippen LogP contribution is 2.24. The summed E-state index contributed by atoms with van der Waals surface area (Å²) in [5, 5.41) is 0. The van der Waals surface area contributed by atoms with Gasteiger partial charge in [-0.3, -0.25) is 0 Å². The fraction of sp³-hybridized carbons (Fsp3) is 1.00. The average Bonchev–Trinajstić information content (AvgIpc) is 1.99. The largest absolute Gasteiger partial charge is 0.376 e. The van der Waals surface area contributed by atoms with Crippen LogP contribution in [0.2, 0.25) is 0 Å². The first-order valence-electron chi connectivity index (χ1n) is 5.74. The van der Waals surface area contributed by atoms with Crippen molar-refractivity contribution >= 4 is 0 Å². The SMILES string of the molecule is CC(C)OCCOC(C(C)N)C(C)(C)C. The molecule has 0 aromatic heterocycles. The third kappa shape index (κ3) is 6.88. The number of hydrogen-bond donors (Lipinski definition) is 1. The van der Waals surface area contributed by atoms with E-state index in [0.29, 0.717) is 13.2 Å². The highest BCUT2D eigenvalue weighted by atomic mass is 16.5. The smallest absolute Gasteiger partial charge is 0.0772 e. The van der Waals surface area contributed by atoms with E-state index in [9.17, 15) is 0 Å². The van der Waals surface area contributed by atoms with Crippen LogP contribution in [0.25, 0.3) is 0 Å². The van der Waals surface area contributed by atoms with Gasteiger partial charge in [-0.15, -0.1) is 0 Å². The summed E-state index contributed by atoms with van der Waals surface area (Å²) in [5.74, 6) is 0. The molecule has 2 atom stereocenters. The van der Waals surface area contributed by atoms with Crippen molar-refractivity contribution < 1.29 is 9.47 Å². The van der Waals surface area contributed by atoms with E-state index < -0.39 is 0 Å². The molecule has 2 unspecified atom stereocenters. The molecule has 0 saturated heterocycles. The first kappa shape index (κ1) is 14.9. The molecule has 15 heavy (non-hydrogen) atoms. The first-order valence-corrected chi connectivity index (χ1v) is 5.74. The Morgan fingerprint density at radius 2 is 1.47 bits per heavy atom. The molecule has 92 valence electrons. The zero-order valence-corrected chi connectivity index (χ0v) is 11.0. The monoisotopic (exact) mass is 217 g/mol. The third-order valence-electron chi connectivity index (χ3n) is 2.16. The molecule has 0 saturated carbocycles. The van der Waals surface area contributed by atoms with Crippen molar-refractivity contribution in [2.45, 2.75) is 59.8 Å². The van der Waals surface area contributed by atoms with Crippen LogP contribution in [-0.2, 0) is 9.47 Å². The van der Waals surface area contributed by atoms with Crippen LogP contribution in [0.15, 0.2) is 0 Å². The van der Waals surface area contributed by atoms with E-state index in [-0.39, 0.29) is 23.7 Å². The van der Waals surface area contributed by atoms with E-state index in [2.05, 4.69) is 20.8 Å². The summed E-state index contributed by atoms with van der Waals surface area (Å²) < 4.78 is 11.2. The molecular weight excluding hydrogens is 190 g/mol. The van der Waals surface area contributed by atoms with Gasteiger partial charge in [0, 0.05) is 6.04 Å². The van der Waals surface area contributed by atoms with Crippen LogP contribution in [0.3, 0.4) is 0 Å². The summed E-state index contributed by atoms with van der Waals surface area (Å²) in [6.07, 6.45) is 0.338. The fourth-order valence-corrected chi connectivity index (χ4v) is 1.65. The van der Waals surface area contributed by atoms with Gasteiger partial charge in [-0.1, -0.05) is 20.8 Å². The molecule has 3 nitrogen and oxygen atoms in total. The second-order valence-corrected chi connectivity index (χ2v) is 5.44. The maximum absolute atomic E-state index is 5.90. The number of nitrogens with two attached hydrogens (primary N) is 1. The molecule has 0 rings (SSSR count). The summed E-state index contributed by atoms with van der Waals surface area (Å²) >= 11 is 0. The molecule has 0 spiro atoms. The van der Waals surface area contributed by atoms with Crippen molar-refractivity contribution in [3.8, 4) is 0 Å². The molecule has 0 bridgehead atoms. The lowest BCUT2D eigenvalue weighted by Crippen LogP contribution is -2.44. The Morgan fingerprint density at radius 1 is 1.00 bits per heavy atom. The van der Waals surface area contributed by atoms with Crippen molar-refractivity contribution in [3.63, 3.8) is 0 Å². The van der Waals surface area contributed by atoms with Crippen LogP contribution in [0.5, 0.6) is 0 Å². The van der Waals surface area contributed by atoms with Crippen molar-refractivity contribution in [3.05, 3.63) is 0 Å². The Balaban J connectivity index is 3.89. The second-order valence-electron chi connectivity index (χ2n) is 5.44. The van der Waals surface area contributed by atoms with Gasteiger partial charge >= 0.3 is 0 Å². The maximum Gasteiger partial charge on any atom is 0.0772 e. The Morgan fingerprint density at radius 3 is 1.80 bits per heavy atom. The molecule has 0 aliphatic rings. The van der Waals surface area contributed by atoms with Gasteiger partial charge in [0.15, 0.2) is 0 Å². The fourth-order valence-electron chi connectivity index (χ4n) is 1.65. The predicted octanol–water partition coefficient (Wildman–Crippen LogP) is 2.19. The van der Waals surface area contributed by atoms with Gasteiger partial charge in [-0.05, 0) is 26.2 Å². The minimum absolute atomic E-state index is 0.0454. The Bertz CT molecular complexity index is 161. The number of rotatable bonds is 6. The summed E-state index contributed by atoms with van der Waals surface area (Å²) in [7, 11) is 0. The van der Waals surface area contributed by atoms with Gasteiger partial charge in [0.05, 0.1) is 25.4 Å². The van der Waals surface area contributed by atoms with Crippen LogP contribution < -0.4 is 5.73 Å². The molecule has 0 radical (unpaired) electrons. The van der Waals surface area contributed by atoms with Crippen molar-refractivity contribution in [2.24, 2.45) is 11.1 Å². The summed E-state index contributed by atoms with van der Waals surface area (Å²) in [6.45, 7) is 13.7. The lowest BCUT2D eigenvalue weighted by atomic mass is 9.85. The van der Waals surface area contributed by atoms with E-state index in [1.807, 2.05) is 20.8 Å². The highest BCUT2D eigenvalue weighted by molar-refractivity contribution is 4.81. The Hall–Kier alpha value is -0.120. The van der Waals surface area contributed by atoms with E-state index >= 15 is 0 Å². The number of hydrogen-bond acceptors (Lipinski definition) is 3. The minimum Gasteiger partial charge on any atom is -0.376 e. The van der Waals surface area contributed by atoms with Crippen LogP contribution >= 0.6 is 0 Å². The first-order chi connectivity index (χ1) is 6.75. The van der Waals surface area contributed by atoms with Gasteiger partial charge < -0.3 is 15.2 Å². The summed E-state index contributed by atoms with van der Waals surface area (Å²) in [4.78, 5) is 0. The number of ether oxygens (including phenoxy) is 2. The van der Waals surface area contributed by atoms with Crippen LogP contribution in [-0.4, -0.2) is 31.5 Å². The molecule has 0 heterocycles. The zero-order chi connectivity index (χ0) is 12.1. The van der Waals surface area contributed by atoms with Gasteiger partial charge in [0.2, 0.25) is 0 Å². The van der Waals surface area contributed by atoms with Crippen molar-refractivity contribution in [1.29, 1.82) is 0 Å². The predicted molar refractivity (Wildman–Crippen MR) is 63.9 cm³/mol. The molecule has 0 aliphatic carbocycles. The van der Waals surface area contributed by atoms with Gasteiger partial charge in [0.25, 0.3) is 0 Å². The molecule has 0 aromatic rings. The molecule has 3 heteroatoms. The Kier molecular flexibility index (Phi) is 6.41. The van der Waals surface area contributed by atoms with Crippen LogP contribution in [0.1, 0.15) is 41.5 Å². The van der Waals surface area contributed by atoms with E-state index in [1.165, 1.54) is 0 Å². The molecule has 0 amide bonds. The average molecular weight is 217 g/mol. The quantitative estimate of drug-likeness (QED) is 0.694. The van der Waals surface area contributed by atoms with Gasteiger partial charge in [-0.2, -0.15) is 0 Å². The Labute approximate surface area is 94.3 Å². The molecule has 0 aliphatic heterocycles. The van der Waals surface area contributed by atoms with Crippen LogP contribution in [0, 0.1) is 5.41 Å². The molecule has 2 N–H and O–H groups in total. The summed E-state index contributed by atoms with van der Waals surface area (Å²) in [6, 6.07) is 0.0454. The molecule has 0 aromatic carbocycles. The standard InChI is InChI=1S/C12H27NO2/c1-9(2)14-7-8-15-11(10(3)13)12(4,5)6/h9-11H,7-8,13H2,1-6H3. The van der Waals surface area contributed by atoms with E-state index in [4.69, 9.17) is 15.2 Å². The minimum atomic E-state index is 0.0454. The third-order valence-corrected chi connectivity index (χ3v) is 2.16. The zero-order valence-electron chi connectivity index (χ0n) is 11.0. The summed E-state index contributed by atoms with van der Waals surface area (Å²) in [5.41, 5.74) is 5.97. The van der Waals surface area contributed by atoms with Crippen molar-refractivity contribution in [1.82, 2.24) is 0 Å². The van der Waals surface area contributed by atoms with E-state index in [1.54, 1.807) is 0 Å². The van der Waals surface area contributed by atoms with E-state index in [0.717, 1.165) is 0 Å². The lowest BCUT2D eigenvalue weighted by molar-refractivity contribution is -0.0603.